The van der Waals surface area contributed by atoms with Crippen molar-refractivity contribution in [2.45, 2.75) is 28.9 Å². The topological polar surface area (TPSA) is 102 Å². The number of amides is 1. The van der Waals surface area contributed by atoms with Crippen molar-refractivity contribution in [2.75, 3.05) is 19.8 Å². The van der Waals surface area contributed by atoms with E-state index >= 15 is 0 Å². The molecule has 0 spiro atoms. The zero-order valence-electron chi connectivity index (χ0n) is 19.2. The van der Waals surface area contributed by atoms with Crippen LogP contribution in [0.25, 0.3) is 11.1 Å². The fourth-order valence-electron chi connectivity index (χ4n) is 4.23. The second-order valence-electron chi connectivity index (χ2n) is 8.45. The van der Waals surface area contributed by atoms with Crippen molar-refractivity contribution in [1.29, 1.82) is 0 Å². The zero-order chi connectivity index (χ0) is 25.8. The van der Waals surface area contributed by atoms with Crippen molar-refractivity contribution in [3.05, 3.63) is 82.3 Å². The smallest absolute Gasteiger partial charge is 0.265 e. The Morgan fingerprint density at radius 3 is 2.33 bits per heavy atom. The van der Waals surface area contributed by atoms with E-state index in [2.05, 4.69) is 6.07 Å². The molecule has 2 N–H and O–H groups in total. The number of carbonyl (C=O) groups excluding carboxylic acids is 1. The molecule has 0 aliphatic carbocycles. The number of carbonyl (C=O) groups is 1. The summed E-state index contributed by atoms with van der Waals surface area (Å²) in [6.07, 6.45) is 0.553. The van der Waals surface area contributed by atoms with Gasteiger partial charge < -0.3 is 9.47 Å². The molecular weight excluding hydrogens is 525 g/mol. The molecule has 1 aliphatic rings. The normalized spacial score (nSPS) is 15.3. The average Bonchev–Trinajstić information content (AvgIpc) is 2.90. The number of sulfone groups is 1. The Morgan fingerprint density at radius 2 is 1.67 bits per heavy atom. The van der Waals surface area contributed by atoms with Crippen LogP contribution in [-0.2, 0) is 25.8 Å². The number of hydrogen-bond donors (Lipinski definition) is 2. The largest absolute Gasteiger partial charge is 0.493 e. The molecule has 190 valence electrons. The second-order valence-corrected chi connectivity index (χ2v) is 11.5. The van der Waals surface area contributed by atoms with Crippen LogP contribution in [0.1, 0.15) is 18.4 Å². The lowest BCUT2D eigenvalue weighted by atomic mass is 9.98. The van der Waals surface area contributed by atoms with Crippen LogP contribution < -0.4 is 10.2 Å². The van der Waals surface area contributed by atoms with Crippen molar-refractivity contribution >= 4 is 38.9 Å². The maximum Gasteiger partial charge on any atom is 0.265 e. The first kappa shape index (κ1) is 26.4. The summed E-state index contributed by atoms with van der Waals surface area (Å²) < 4.78 is 35.9. The molecule has 0 radical (unpaired) electrons. The van der Waals surface area contributed by atoms with Gasteiger partial charge in [0.25, 0.3) is 5.91 Å². The summed E-state index contributed by atoms with van der Waals surface area (Å²) >= 11 is 12.2. The van der Waals surface area contributed by atoms with Crippen molar-refractivity contribution in [3.8, 4) is 16.9 Å². The van der Waals surface area contributed by atoms with Gasteiger partial charge >= 0.3 is 0 Å². The predicted octanol–water partition coefficient (Wildman–Crippen LogP) is 5.11. The molecule has 1 fully saturated rings. The third-order valence-electron chi connectivity index (χ3n) is 6.30. The lowest BCUT2D eigenvalue weighted by Crippen LogP contribution is -2.54. The molecule has 4 rings (SSSR count). The van der Waals surface area contributed by atoms with Crippen LogP contribution in [0.15, 0.2) is 71.6 Å². The Bertz CT molecular complexity index is 1340. The highest BCUT2D eigenvalue weighted by molar-refractivity contribution is 7.93. The summed E-state index contributed by atoms with van der Waals surface area (Å²) in [6.45, 7) is 0.603. The van der Waals surface area contributed by atoms with E-state index in [1.807, 2.05) is 30.3 Å². The van der Waals surface area contributed by atoms with Gasteiger partial charge in [0.1, 0.15) is 5.75 Å². The molecule has 0 atom stereocenters. The molecular formula is C26H25Cl2NO6S. The van der Waals surface area contributed by atoms with E-state index in [-0.39, 0.29) is 31.0 Å². The van der Waals surface area contributed by atoms with E-state index in [4.69, 9.17) is 37.9 Å². The number of nitrogens with one attached hydrogen (secondary N) is 1. The van der Waals surface area contributed by atoms with E-state index in [0.717, 1.165) is 16.7 Å². The molecule has 1 amide bonds. The predicted molar refractivity (Wildman–Crippen MR) is 137 cm³/mol. The average molecular weight is 550 g/mol. The summed E-state index contributed by atoms with van der Waals surface area (Å²) in [5.41, 5.74) is 4.55. The second kappa shape index (κ2) is 11.2. The number of hydroxylamine groups is 1. The highest BCUT2D eigenvalue weighted by Crippen LogP contribution is 2.36. The van der Waals surface area contributed by atoms with Gasteiger partial charge in [0.15, 0.2) is 14.6 Å². The summed E-state index contributed by atoms with van der Waals surface area (Å²) in [5, 5.41) is 10.2. The minimum atomic E-state index is -4.08. The summed E-state index contributed by atoms with van der Waals surface area (Å²) in [4.78, 5) is 12.3. The van der Waals surface area contributed by atoms with Crippen LogP contribution in [-0.4, -0.2) is 44.1 Å². The number of rotatable bonds is 8. The molecule has 1 aliphatic heterocycles. The van der Waals surface area contributed by atoms with Gasteiger partial charge in [-0.05, 0) is 65.9 Å². The lowest BCUT2D eigenvalue weighted by molar-refractivity contribution is -0.134. The minimum Gasteiger partial charge on any atom is -0.493 e. The van der Waals surface area contributed by atoms with Crippen LogP contribution in [0.4, 0.5) is 0 Å². The van der Waals surface area contributed by atoms with Crippen LogP contribution in [0.2, 0.25) is 10.0 Å². The first-order valence-electron chi connectivity index (χ1n) is 11.3. The van der Waals surface area contributed by atoms with Crippen LogP contribution >= 0.6 is 23.2 Å². The fourth-order valence-corrected chi connectivity index (χ4v) is 6.47. The van der Waals surface area contributed by atoms with Gasteiger partial charge in [0.05, 0.1) is 21.5 Å². The van der Waals surface area contributed by atoms with Crippen LogP contribution in [0, 0.1) is 0 Å². The highest BCUT2D eigenvalue weighted by Gasteiger charge is 2.52. The first-order chi connectivity index (χ1) is 17.3. The molecule has 0 aromatic heterocycles. The lowest BCUT2D eigenvalue weighted by Gasteiger charge is -2.34. The quantitative estimate of drug-likeness (QED) is 0.299. The standard InChI is InChI=1S/C26H25Cl2NO6S/c27-23-9-4-20(17-24(23)28)19-3-1-2-18(16-19)10-13-35-21-5-7-22(8-6-21)36(32,33)26(25(30)29-31)11-14-34-15-12-26/h1-9,16-17,31H,10-15H2,(H,29,30). The van der Waals surface area contributed by atoms with Gasteiger partial charge in [-0.25, -0.2) is 13.9 Å². The highest BCUT2D eigenvalue weighted by atomic mass is 35.5. The Morgan fingerprint density at radius 1 is 0.972 bits per heavy atom. The SMILES string of the molecule is O=C(NO)C1(S(=O)(=O)c2ccc(OCCc3cccc(-c4ccc(Cl)c(Cl)c4)c3)cc2)CCOCC1. The third-order valence-corrected chi connectivity index (χ3v) is 9.56. The summed E-state index contributed by atoms with van der Waals surface area (Å²) in [7, 11) is -4.08. The fraction of sp³-hybridized carbons (Fsp3) is 0.269. The van der Waals surface area contributed by atoms with E-state index < -0.39 is 20.5 Å². The van der Waals surface area contributed by atoms with Gasteiger partial charge in [-0.2, -0.15) is 0 Å². The summed E-state index contributed by atoms with van der Waals surface area (Å²) in [6, 6.07) is 19.4. The van der Waals surface area contributed by atoms with Gasteiger partial charge in [-0.15, -0.1) is 0 Å². The van der Waals surface area contributed by atoms with E-state index in [1.165, 1.54) is 17.6 Å². The molecule has 10 heteroatoms. The van der Waals surface area contributed by atoms with E-state index in [0.29, 0.717) is 28.8 Å². The Hall–Kier alpha value is -2.62. The number of benzene rings is 3. The molecule has 1 heterocycles. The van der Waals surface area contributed by atoms with Crippen LogP contribution in [0.5, 0.6) is 5.75 Å². The van der Waals surface area contributed by atoms with E-state index in [1.54, 1.807) is 18.2 Å². The number of halogens is 2. The first-order valence-corrected chi connectivity index (χ1v) is 13.5. The summed E-state index contributed by atoms with van der Waals surface area (Å²) in [5.74, 6) is -0.448. The van der Waals surface area contributed by atoms with Crippen molar-refractivity contribution < 1.29 is 27.9 Å². The molecule has 36 heavy (non-hydrogen) atoms. The van der Waals surface area contributed by atoms with E-state index in [9.17, 15) is 13.2 Å². The van der Waals surface area contributed by atoms with Gasteiger partial charge in [-0.3, -0.25) is 10.0 Å². The molecule has 0 bridgehead atoms. The monoisotopic (exact) mass is 549 g/mol. The Balaban J connectivity index is 1.42. The van der Waals surface area contributed by atoms with Gasteiger partial charge in [0, 0.05) is 19.6 Å². The van der Waals surface area contributed by atoms with Crippen molar-refractivity contribution in [2.24, 2.45) is 0 Å². The Kier molecular flexibility index (Phi) is 8.22. The number of ether oxygens (including phenoxy) is 2. The molecule has 0 unspecified atom stereocenters. The number of hydrogen-bond acceptors (Lipinski definition) is 6. The molecule has 7 nitrogen and oxygen atoms in total. The molecule has 0 saturated carbocycles. The maximum absolute atomic E-state index is 13.3. The molecule has 3 aromatic rings. The molecule has 3 aromatic carbocycles. The van der Waals surface area contributed by atoms with Crippen molar-refractivity contribution in [3.63, 3.8) is 0 Å². The van der Waals surface area contributed by atoms with Gasteiger partial charge in [0.2, 0.25) is 0 Å². The minimum absolute atomic E-state index is 0.0188. The van der Waals surface area contributed by atoms with Gasteiger partial charge in [-0.1, -0.05) is 53.5 Å². The maximum atomic E-state index is 13.3. The Labute approximate surface area is 219 Å². The molecule has 1 saturated heterocycles. The van der Waals surface area contributed by atoms with Crippen molar-refractivity contribution in [1.82, 2.24) is 5.48 Å². The third kappa shape index (κ3) is 5.38. The zero-order valence-corrected chi connectivity index (χ0v) is 21.6. The van der Waals surface area contributed by atoms with Crippen LogP contribution in [0.3, 0.4) is 0 Å².